The van der Waals surface area contributed by atoms with Gasteiger partial charge in [0.2, 0.25) is 0 Å². The lowest BCUT2D eigenvalue weighted by molar-refractivity contribution is -0.123. The Hall–Kier alpha value is -3.19. The van der Waals surface area contributed by atoms with Crippen molar-refractivity contribution in [1.82, 2.24) is 10.6 Å². The first-order chi connectivity index (χ1) is 14.7. The van der Waals surface area contributed by atoms with Crippen molar-refractivity contribution in [2.75, 3.05) is 20.3 Å². The molecule has 0 saturated carbocycles. The van der Waals surface area contributed by atoms with E-state index in [9.17, 15) is 9.59 Å². The summed E-state index contributed by atoms with van der Waals surface area (Å²) in [6.07, 6.45) is 0. The molecule has 0 bridgehead atoms. The van der Waals surface area contributed by atoms with Crippen molar-refractivity contribution in [3.63, 3.8) is 0 Å². The molecule has 8 heteroatoms. The lowest BCUT2D eigenvalue weighted by Gasteiger charge is -2.15. The van der Waals surface area contributed by atoms with Crippen LogP contribution in [0.15, 0.2) is 43.0 Å². The molecule has 0 spiro atoms. The summed E-state index contributed by atoms with van der Waals surface area (Å²) in [5.74, 6) is 0.705. The van der Waals surface area contributed by atoms with Gasteiger partial charge in [0, 0.05) is 40.5 Å². The average molecular weight is 446 g/mol. The zero-order chi connectivity index (χ0) is 23.0. The fraction of sp³-hybridized carbons (Fsp3) is 0.304. The zero-order valence-electron chi connectivity index (χ0n) is 18.0. The third-order valence-corrected chi connectivity index (χ3v) is 4.53. The average Bonchev–Trinajstić information content (AvgIpc) is 2.74. The van der Waals surface area contributed by atoms with Gasteiger partial charge in [-0.1, -0.05) is 44.2 Å². The molecule has 0 aliphatic carbocycles. The molecule has 166 valence electrons. The molecule has 0 saturated heterocycles. The van der Waals surface area contributed by atoms with Gasteiger partial charge in [-0.3, -0.25) is 9.59 Å². The van der Waals surface area contributed by atoms with Crippen LogP contribution in [0.3, 0.4) is 0 Å². The van der Waals surface area contributed by atoms with E-state index in [-0.39, 0.29) is 25.0 Å². The van der Waals surface area contributed by atoms with Gasteiger partial charge in [0.25, 0.3) is 11.8 Å². The second-order valence-corrected chi connectivity index (χ2v) is 7.83. The molecule has 0 heterocycles. The fourth-order valence-corrected chi connectivity index (χ4v) is 2.86. The number of hydrogen-bond donors (Lipinski definition) is 3. The summed E-state index contributed by atoms with van der Waals surface area (Å²) < 4.78 is 10.9. The largest absolute Gasteiger partial charge is 0.497 e. The van der Waals surface area contributed by atoms with Gasteiger partial charge in [-0.2, -0.15) is 0 Å². The molecular weight excluding hydrogens is 418 g/mol. The van der Waals surface area contributed by atoms with Crippen LogP contribution < -0.4 is 25.8 Å². The predicted octanol–water partition coefficient (Wildman–Crippen LogP) is 3.36. The van der Waals surface area contributed by atoms with Crippen LogP contribution in [0.1, 0.15) is 35.3 Å². The Kier molecular flexibility index (Phi) is 8.75. The Morgan fingerprint density at radius 3 is 2.52 bits per heavy atom. The number of nitrogens with two attached hydrogens (primary N) is 1. The number of ether oxygens (including phenoxy) is 2. The second kappa shape index (κ2) is 11.3. The molecule has 2 aromatic carbocycles. The van der Waals surface area contributed by atoms with Crippen LogP contribution >= 0.6 is 11.6 Å². The molecule has 2 rings (SSSR count). The summed E-state index contributed by atoms with van der Waals surface area (Å²) in [6, 6.07) is 10.0. The van der Waals surface area contributed by atoms with Gasteiger partial charge in [-0.25, -0.2) is 0 Å². The molecule has 7 nitrogen and oxygen atoms in total. The van der Waals surface area contributed by atoms with E-state index in [4.69, 9.17) is 26.8 Å². The summed E-state index contributed by atoms with van der Waals surface area (Å²) in [6.45, 7) is 8.33. The lowest BCUT2D eigenvalue weighted by Crippen LogP contribution is -2.32. The molecule has 0 aromatic heterocycles. The van der Waals surface area contributed by atoms with Crippen molar-refractivity contribution in [2.45, 2.75) is 20.4 Å². The van der Waals surface area contributed by atoms with Gasteiger partial charge in [-0.05, 0) is 30.2 Å². The SMILES string of the molecule is C=C(N)c1ccc(CNC(=O)c2cc(Cl)cc(OC)c2)c(OCC(=O)NCC(C)C)c1. The summed E-state index contributed by atoms with van der Waals surface area (Å²) in [5, 5.41) is 6.02. The van der Waals surface area contributed by atoms with E-state index in [2.05, 4.69) is 17.2 Å². The number of benzene rings is 2. The molecule has 0 fully saturated rings. The maximum Gasteiger partial charge on any atom is 0.257 e. The summed E-state index contributed by atoms with van der Waals surface area (Å²) in [4.78, 5) is 24.6. The first-order valence-corrected chi connectivity index (χ1v) is 10.2. The Bertz CT molecular complexity index is 960. The first-order valence-electron chi connectivity index (χ1n) is 9.79. The monoisotopic (exact) mass is 445 g/mol. The van der Waals surface area contributed by atoms with Gasteiger partial charge < -0.3 is 25.8 Å². The van der Waals surface area contributed by atoms with E-state index in [1.165, 1.54) is 7.11 Å². The van der Waals surface area contributed by atoms with Gasteiger partial charge in [0.1, 0.15) is 11.5 Å². The fourth-order valence-electron chi connectivity index (χ4n) is 2.64. The highest BCUT2D eigenvalue weighted by Gasteiger charge is 2.13. The topological polar surface area (TPSA) is 103 Å². The Morgan fingerprint density at radius 2 is 1.87 bits per heavy atom. The highest BCUT2D eigenvalue weighted by atomic mass is 35.5. The van der Waals surface area contributed by atoms with Crippen molar-refractivity contribution in [1.29, 1.82) is 0 Å². The summed E-state index contributed by atoms with van der Waals surface area (Å²) in [7, 11) is 1.50. The number of amides is 2. The highest BCUT2D eigenvalue weighted by Crippen LogP contribution is 2.24. The van der Waals surface area contributed by atoms with Crippen LogP contribution in [0.2, 0.25) is 5.02 Å². The summed E-state index contributed by atoms with van der Waals surface area (Å²) >= 11 is 6.04. The molecule has 0 aliphatic heterocycles. The molecular formula is C23H28ClN3O4. The number of carbonyl (C=O) groups is 2. The summed E-state index contributed by atoms with van der Waals surface area (Å²) in [5.41, 5.74) is 7.88. The molecule has 4 N–H and O–H groups in total. The van der Waals surface area contributed by atoms with Crippen LogP contribution in [0, 0.1) is 5.92 Å². The van der Waals surface area contributed by atoms with E-state index in [0.29, 0.717) is 51.4 Å². The van der Waals surface area contributed by atoms with E-state index in [1.807, 2.05) is 13.8 Å². The lowest BCUT2D eigenvalue weighted by atomic mass is 10.1. The normalized spacial score (nSPS) is 10.5. The Balaban J connectivity index is 2.12. The standard InChI is InChI=1S/C23H28ClN3O4/c1-14(2)11-26-22(28)13-31-21-9-16(15(3)25)5-6-17(21)12-27-23(29)18-7-19(24)10-20(8-18)30-4/h5-10,14H,3,11-13,25H2,1-2,4H3,(H,26,28)(H,27,29). The third-order valence-electron chi connectivity index (χ3n) is 4.31. The van der Waals surface area contributed by atoms with Crippen molar-refractivity contribution in [3.05, 3.63) is 64.7 Å². The van der Waals surface area contributed by atoms with Gasteiger partial charge in [-0.15, -0.1) is 0 Å². The minimum Gasteiger partial charge on any atom is -0.497 e. The third kappa shape index (κ3) is 7.53. The van der Waals surface area contributed by atoms with Crippen LogP contribution in [0.25, 0.3) is 5.70 Å². The molecule has 0 radical (unpaired) electrons. The number of nitrogens with one attached hydrogen (secondary N) is 2. The minimum atomic E-state index is -0.325. The van der Waals surface area contributed by atoms with E-state index in [1.54, 1.807) is 36.4 Å². The van der Waals surface area contributed by atoms with Crippen LogP contribution in [0.5, 0.6) is 11.5 Å². The van der Waals surface area contributed by atoms with Crippen molar-refractivity contribution in [3.8, 4) is 11.5 Å². The van der Waals surface area contributed by atoms with Crippen molar-refractivity contribution < 1.29 is 19.1 Å². The van der Waals surface area contributed by atoms with Gasteiger partial charge in [0.15, 0.2) is 6.61 Å². The van der Waals surface area contributed by atoms with E-state index < -0.39 is 0 Å². The van der Waals surface area contributed by atoms with Gasteiger partial charge in [0.05, 0.1) is 7.11 Å². The van der Waals surface area contributed by atoms with E-state index >= 15 is 0 Å². The predicted molar refractivity (Wildman–Crippen MR) is 122 cm³/mol. The molecule has 0 unspecified atom stereocenters. The molecule has 2 aromatic rings. The molecule has 2 amide bonds. The number of rotatable bonds is 10. The van der Waals surface area contributed by atoms with E-state index in [0.717, 1.165) is 0 Å². The second-order valence-electron chi connectivity index (χ2n) is 7.40. The van der Waals surface area contributed by atoms with Crippen LogP contribution in [-0.2, 0) is 11.3 Å². The minimum absolute atomic E-state index is 0.153. The molecule has 0 aliphatic rings. The molecule has 31 heavy (non-hydrogen) atoms. The van der Waals surface area contributed by atoms with Crippen molar-refractivity contribution in [2.24, 2.45) is 11.7 Å². The van der Waals surface area contributed by atoms with Crippen LogP contribution in [0.4, 0.5) is 0 Å². The number of methoxy groups -OCH3 is 1. The molecule has 0 atom stereocenters. The smallest absolute Gasteiger partial charge is 0.257 e. The Labute approximate surface area is 187 Å². The highest BCUT2D eigenvalue weighted by molar-refractivity contribution is 6.31. The number of carbonyl (C=O) groups excluding carboxylic acids is 2. The van der Waals surface area contributed by atoms with Crippen molar-refractivity contribution >= 4 is 29.1 Å². The maximum atomic E-state index is 12.6. The zero-order valence-corrected chi connectivity index (χ0v) is 18.7. The maximum absolute atomic E-state index is 12.6. The quantitative estimate of drug-likeness (QED) is 0.520. The van der Waals surface area contributed by atoms with Gasteiger partial charge >= 0.3 is 0 Å². The number of hydrogen-bond acceptors (Lipinski definition) is 5. The number of halogens is 1. The van der Waals surface area contributed by atoms with Crippen LogP contribution in [-0.4, -0.2) is 32.1 Å². The Morgan fingerprint density at radius 1 is 1.13 bits per heavy atom. The first kappa shape index (κ1) is 24.1.